The molecule has 0 spiro atoms. The van der Waals surface area contributed by atoms with Crippen LogP contribution >= 0.6 is 8.53 Å². The summed E-state index contributed by atoms with van der Waals surface area (Å²) in [6, 6.07) is 16.9. The van der Waals surface area contributed by atoms with Crippen molar-refractivity contribution in [3.63, 3.8) is 0 Å². The van der Waals surface area contributed by atoms with E-state index in [1.807, 2.05) is 18.2 Å². The maximum Gasteiger partial charge on any atom is 0.343 e. The molecule has 0 aliphatic heterocycles. The van der Waals surface area contributed by atoms with Gasteiger partial charge in [-0.2, -0.15) is 0 Å². The Bertz CT molecular complexity index is 1180. The Labute approximate surface area is 217 Å². The number of hydrogen-bond acceptors (Lipinski definition) is 9. The summed E-state index contributed by atoms with van der Waals surface area (Å²) in [5.74, 6) is -0.280. The van der Waals surface area contributed by atoms with E-state index in [0.29, 0.717) is 28.1 Å². The maximum atomic E-state index is 12.6. The number of pyridine rings is 1. The standard InChI is InChI=1S/C27H31N2O7P/c1-18(2)34-26(31)20(4)29-37(36-23-13-9-6-10-14-23)33-17-22-15-28-19(3)25(24(22)16-30)35-27(32)21-11-7-5-8-12-21/h5-15,18,20,29-30H,16-17H2,1-4H3. The number of benzene rings is 2. The van der Waals surface area contributed by atoms with E-state index in [-0.39, 0.29) is 18.5 Å². The monoisotopic (exact) mass is 526 g/mol. The van der Waals surface area contributed by atoms with Crippen molar-refractivity contribution >= 4 is 20.5 Å². The molecule has 0 aliphatic rings. The number of carbonyl (C=O) groups excluding carboxylic acids is 2. The van der Waals surface area contributed by atoms with Crippen LogP contribution in [0.5, 0.6) is 11.5 Å². The summed E-state index contributed by atoms with van der Waals surface area (Å²) in [5.41, 5.74) is 1.70. The van der Waals surface area contributed by atoms with Gasteiger partial charge < -0.3 is 23.6 Å². The zero-order chi connectivity index (χ0) is 26.8. The first-order chi connectivity index (χ1) is 17.8. The third-order valence-electron chi connectivity index (χ3n) is 5.04. The van der Waals surface area contributed by atoms with Gasteiger partial charge in [-0.1, -0.05) is 36.4 Å². The van der Waals surface area contributed by atoms with Crippen molar-refractivity contribution in [1.29, 1.82) is 0 Å². The lowest BCUT2D eigenvalue weighted by molar-refractivity contribution is -0.149. The molecular weight excluding hydrogens is 495 g/mol. The largest absolute Gasteiger partial charge is 0.462 e. The first-order valence-corrected chi connectivity index (χ1v) is 12.9. The van der Waals surface area contributed by atoms with Crippen molar-refractivity contribution in [2.24, 2.45) is 0 Å². The number of aliphatic hydroxyl groups is 1. The molecule has 1 aromatic heterocycles. The molecule has 0 fully saturated rings. The van der Waals surface area contributed by atoms with Gasteiger partial charge in [0.1, 0.15) is 11.8 Å². The van der Waals surface area contributed by atoms with E-state index >= 15 is 0 Å². The van der Waals surface area contributed by atoms with Gasteiger partial charge in [0.2, 0.25) is 0 Å². The second-order valence-electron chi connectivity index (χ2n) is 8.36. The van der Waals surface area contributed by atoms with E-state index in [0.717, 1.165) is 0 Å². The molecule has 196 valence electrons. The Hall–Kier alpha value is -3.36. The highest BCUT2D eigenvalue weighted by atomic mass is 31.2. The highest BCUT2D eigenvalue weighted by Crippen LogP contribution is 2.38. The van der Waals surface area contributed by atoms with Crippen LogP contribution in [0.25, 0.3) is 0 Å². The van der Waals surface area contributed by atoms with Gasteiger partial charge >= 0.3 is 20.5 Å². The SMILES string of the molecule is Cc1ncc(COP(NC(C)C(=O)OC(C)C)Oc2ccccc2)c(CO)c1OC(=O)c1ccccc1. The summed E-state index contributed by atoms with van der Waals surface area (Å²) >= 11 is 0. The predicted molar refractivity (Wildman–Crippen MR) is 139 cm³/mol. The van der Waals surface area contributed by atoms with Gasteiger partial charge in [-0.15, -0.1) is 0 Å². The van der Waals surface area contributed by atoms with Crippen LogP contribution in [0.4, 0.5) is 0 Å². The normalized spacial score (nSPS) is 12.6. The zero-order valence-corrected chi connectivity index (χ0v) is 22.1. The van der Waals surface area contributed by atoms with E-state index < -0.39 is 33.1 Å². The highest BCUT2D eigenvalue weighted by molar-refractivity contribution is 7.45. The molecule has 1 heterocycles. The van der Waals surface area contributed by atoms with Gasteiger partial charge in [0, 0.05) is 17.3 Å². The number of carbonyl (C=O) groups is 2. The van der Waals surface area contributed by atoms with Crippen LogP contribution in [-0.2, 0) is 27.3 Å². The molecule has 0 amide bonds. The van der Waals surface area contributed by atoms with Crippen molar-refractivity contribution < 1.29 is 33.2 Å². The lowest BCUT2D eigenvalue weighted by Gasteiger charge is -2.23. The van der Waals surface area contributed by atoms with E-state index in [9.17, 15) is 14.7 Å². The minimum atomic E-state index is -1.81. The van der Waals surface area contributed by atoms with Gasteiger partial charge in [0.25, 0.3) is 0 Å². The van der Waals surface area contributed by atoms with Crippen LogP contribution in [0.3, 0.4) is 0 Å². The molecule has 2 atom stereocenters. The van der Waals surface area contributed by atoms with Crippen molar-refractivity contribution in [1.82, 2.24) is 10.1 Å². The minimum absolute atomic E-state index is 0.0312. The van der Waals surface area contributed by atoms with Gasteiger partial charge in [0.05, 0.1) is 30.6 Å². The smallest absolute Gasteiger partial charge is 0.343 e. The van der Waals surface area contributed by atoms with E-state index in [4.69, 9.17) is 18.5 Å². The number of esters is 2. The number of para-hydroxylation sites is 1. The molecule has 0 bridgehead atoms. The maximum absolute atomic E-state index is 12.6. The number of nitrogens with one attached hydrogen (secondary N) is 1. The van der Waals surface area contributed by atoms with E-state index in [2.05, 4.69) is 10.1 Å². The van der Waals surface area contributed by atoms with E-state index in [1.165, 1.54) is 0 Å². The predicted octanol–water partition coefficient (Wildman–Crippen LogP) is 4.85. The molecule has 3 aromatic rings. The topological polar surface area (TPSA) is 116 Å². The molecule has 0 radical (unpaired) electrons. The van der Waals surface area contributed by atoms with Crippen LogP contribution in [0, 0.1) is 6.92 Å². The highest BCUT2D eigenvalue weighted by Gasteiger charge is 2.25. The molecule has 9 nitrogen and oxygen atoms in total. The van der Waals surface area contributed by atoms with Gasteiger partial charge in [-0.25, -0.2) is 9.88 Å². The summed E-state index contributed by atoms with van der Waals surface area (Å²) in [6.45, 7) is 6.46. The number of nitrogens with zero attached hydrogens (tertiary/aromatic N) is 1. The molecule has 10 heteroatoms. The number of ether oxygens (including phenoxy) is 2. The summed E-state index contributed by atoms with van der Waals surface area (Å²) in [7, 11) is -1.81. The Balaban J connectivity index is 1.79. The van der Waals surface area contributed by atoms with Crippen molar-refractivity contribution in [2.75, 3.05) is 0 Å². The molecule has 0 aliphatic carbocycles. The second-order valence-corrected chi connectivity index (χ2v) is 9.57. The third-order valence-corrected chi connectivity index (χ3v) is 6.38. The lowest BCUT2D eigenvalue weighted by Crippen LogP contribution is -2.34. The minimum Gasteiger partial charge on any atom is -0.462 e. The van der Waals surface area contributed by atoms with Gasteiger partial charge in [-0.05, 0) is 52.0 Å². The van der Waals surface area contributed by atoms with Gasteiger partial charge in [0.15, 0.2) is 5.75 Å². The second kappa shape index (κ2) is 13.8. The van der Waals surface area contributed by atoms with Gasteiger partial charge in [-0.3, -0.25) is 9.78 Å². The average molecular weight is 527 g/mol. The number of hydrogen-bond donors (Lipinski definition) is 2. The van der Waals surface area contributed by atoms with Crippen molar-refractivity contribution in [3.8, 4) is 11.5 Å². The Kier molecular flexibility index (Phi) is 10.5. The molecule has 2 unspecified atom stereocenters. The lowest BCUT2D eigenvalue weighted by atomic mass is 10.1. The molecular formula is C27H31N2O7P. The number of aliphatic hydroxyl groups excluding tert-OH is 1. The average Bonchev–Trinajstić information content (AvgIpc) is 2.89. The summed E-state index contributed by atoms with van der Waals surface area (Å²) in [4.78, 5) is 29.3. The Morgan fingerprint density at radius 1 is 1.03 bits per heavy atom. The molecule has 0 saturated carbocycles. The number of aromatic nitrogens is 1. The van der Waals surface area contributed by atoms with Crippen molar-refractivity contribution in [2.45, 2.75) is 53.1 Å². The summed E-state index contributed by atoms with van der Waals surface area (Å²) in [6.07, 6.45) is 1.29. The molecule has 0 saturated heterocycles. The number of aryl methyl sites for hydroxylation is 1. The fourth-order valence-corrected chi connectivity index (χ4v) is 4.35. The fraction of sp³-hybridized carbons (Fsp3) is 0.296. The van der Waals surface area contributed by atoms with Crippen LogP contribution < -0.4 is 14.3 Å². The molecule has 3 rings (SSSR count). The zero-order valence-electron chi connectivity index (χ0n) is 21.2. The van der Waals surface area contributed by atoms with Crippen LogP contribution in [0.1, 0.15) is 48.0 Å². The Morgan fingerprint density at radius 3 is 2.30 bits per heavy atom. The summed E-state index contributed by atoms with van der Waals surface area (Å²) < 4.78 is 22.9. The molecule has 2 N–H and O–H groups in total. The quantitative estimate of drug-likeness (QED) is 0.252. The van der Waals surface area contributed by atoms with E-state index in [1.54, 1.807) is 76.4 Å². The van der Waals surface area contributed by atoms with Crippen LogP contribution in [0.2, 0.25) is 0 Å². The van der Waals surface area contributed by atoms with Crippen LogP contribution in [0.15, 0.2) is 66.9 Å². The third kappa shape index (κ3) is 8.33. The fourth-order valence-electron chi connectivity index (χ4n) is 3.17. The number of rotatable bonds is 12. The first kappa shape index (κ1) is 28.2. The first-order valence-electron chi connectivity index (χ1n) is 11.8. The van der Waals surface area contributed by atoms with Crippen LogP contribution in [-0.4, -0.2) is 34.2 Å². The summed E-state index contributed by atoms with van der Waals surface area (Å²) in [5, 5.41) is 13.2. The molecule has 2 aromatic carbocycles. The molecule has 37 heavy (non-hydrogen) atoms. The Morgan fingerprint density at radius 2 is 1.68 bits per heavy atom. The van der Waals surface area contributed by atoms with Crippen molar-refractivity contribution in [3.05, 3.63) is 89.2 Å².